The number of alkyl halides is 1. The second kappa shape index (κ2) is 4.97. The van der Waals surface area contributed by atoms with Gasteiger partial charge in [0.15, 0.2) is 5.82 Å². The minimum Gasteiger partial charge on any atom is -0.334 e. The molecule has 0 fully saturated rings. The van der Waals surface area contributed by atoms with Crippen molar-refractivity contribution in [1.82, 2.24) is 10.1 Å². The zero-order valence-electron chi connectivity index (χ0n) is 9.11. The van der Waals surface area contributed by atoms with Gasteiger partial charge < -0.3 is 9.84 Å². The van der Waals surface area contributed by atoms with Crippen LogP contribution in [0.2, 0.25) is 0 Å². The van der Waals surface area contributed by atoms with E-state index in [0.29, 0.717) is 17.4 Å². The lowest BCUT2D eigenvalue weighted by molar-refractivity contribution is -0.114. The number of hydrogen-bond donors (Lipinski definition) is 1. The van der Waals surface area contributed by atoms with Crippen LogP contribution >= 0.6 is 11.6 Å². The Bertz CT molecular complexity index is 539. The van der Waals surface area contributed by atoms with Crippen LogP contribution in [0.1, 0.15) is 12.7 Å². The number of carbonyl (C=O) groups excluding carboxylic acids is 1. The number of nitrogens with zero attached hydrogens (tertiary/aromatic N) is 2. The summed E-state index contributed by atoms with van der Waals surface area (Å²) >= 11 is 5.59. The highest BCUT2D eigenvalue weighted by Gasteiger charge is 2.08. The molecule has 6 heteroatoms. The predicted molar refractivity (Wildman–Crippen MR) is 63.6 cm³/mol. The molecule has 0 spiro atoms. The molecule has 1 N–H and O–H groups in total. The molecule has 5 nitrogen and oxygen atoms in total. The summed E-state index contributed by atoms with van der Waals surface area (Å²) in [5.74, 6) is 0.892. The molecule has 0 aliphatic rings. The third kappa shape index (κ3) is 2.82. The lowest BCUT2D eigenvalue weighted by Gasteiger charge is -2.02. The second-order valence-electron chi connectivity index (χ2n) is 3.41. The van der Waals surface area contributed by atoms with Crippen LogP contribution < -0.4 is 5.32 Å². The van der Waals surface area contributed by atoms with Crippen molar-refractivity contribution < 1.29 is 9.32 Å². The number of amides is 1. The fourth-order valence-electron chi connectivity index (χ4n) is 1.36. The van der Waals surface area contributed by atoms with Gasteiger partial charge >= 0.3 is 0 Å². The standard InChI is InChI=1S/C11H10ClN3O2/c1-7(16)13-9-4-2-3-8(5-9)11-14-10(6-12)15-17-11/h2-5H,6H2,1H3,(H,13,16). The van der Waals surface area contributed by atoms with E-state index in [1.807, 2.05) is 6.07 Å². The van der Waals surface area contributed by atoms with E-state index in [0.717, 1.165) is 5.56 Å². The van der Waals surface area contributed by atoms with Gasteiger partial charge in [-0.25, -0.2) is 0 Å². The van der Waals surface area contributed by atoms with Crippen molar-refractivity contribution >= 4 is 23.2 Å². The van der Waals surface area contributed by atoms with Crippen LogP contribution in [0.15, 0.2) is 28.8 Å². The SMILES string of the molecule is CC(=O)Nc1cccc(-c2nc(CCl)no2)c1. The molecule has 1 aromatic heterocycles. The molecule has 1 amide bonds. The smallest absolute Gasteiger partial charge is 0.258 e. The molecule has 0 saturated heterocycles. The van der Waals surface area contributed by atoms with Gasteiger partial charge in [0.2, 0.25) is 5.91 Å². The van der Waals surface area contributed by atoms with Crippen molar-refractivity contribution in [2.24, 2.45) is 0 Å². The van der Waals surface area contributed by atoms with Gasteiger partial charge in [0.05, 0.1) is 5.88 Å². The number of hydrogen-bond acceptors (Lipinski definition) is 4. The highest BCUT2D eigenvalue weighted by atomic mass is 35.5. The summed E-state index contributed by atoms with van der Waals surface area (Å²) in [5.41, 5.74) is 1.42. The monoisotopic (exact) mass is 251 g/mol. The molecular formula is C11H10ClN3O2. The quantitative estimate of drug-likeness (QED) is 0.851. The third-order valence-electron chi connectivity index (χ3n) is 2.02. The van der Waals surface area contributed by atoms with Gasteiger partial charge in [-0.3, -0.25) is 4.79 Å². The fraction of sp³-hybridized carbons (Fsp3) is 0.182. The molecule has 17 heavy (non-hydrogen) atoms. The zero-order valence-corrected chi connectivity index (χ0v) is 9.86. The number of benzene rings is 1. The summed E-state index contributed by atoms with van der Waals surface area (Å²) in [7, 11) is 0. The van der Waals surface area contributed by atoms with E-state index in [1.165, 1.54) is 6.92 Å². The van der Waals surface area contributed by atoms with Crippen molar-refractivity contribution in [1.29, 1.82) is 0 Å². The van der Waals surface area contributed by atoms with Crippen LogP contribution in [0.3, 0.4) is 0 Å². The van der Waals surface area contributed by atoms with Crippen LogP contribution in [0.4, 0.5) is 5.69 Å². The molecule has 0 radical (unpaired) electrons. The molecule has 2 rings (SSSR count). The Hall–Kier alpha value is -1.88. The fourth-order valence-corrected chi connectivity index (χ4v) is 1.47. The molecule has 0 aliphatic carbocycles. The topological polar surface area (TPSA) is 68.0 Å². The van der Waals surface area contributed by atoms with E-state index in [4.69, 9.17) is 16.1 Å². The summed E-state index contributed by atoms with van der Waals surface area (Å²) in [6.45, 7) is 1.45. The van der Waals surface area contributed by atoms with Crippen LogP contribution in [0, 0.1) is 0 Å². The van der Waals surface area contributed by atoms with Gasteiger partial charge in [-0.15, -0.1) is 11.6 Å². The summed E-state index contributed by atoms with van der Waals surface area (Å²) < 4.78 is 5.04. The van der Waals surface area contributed by atoms with Gasteiger partial charge in [-0.1, -0.05) is 11.2 Å². The van der Waals surface area contributed by atoms with Crippen molar-refractivity contribution in [2.45, 2.75) is 12.8 Å². The van der Waals surface area contributed by atoms with Crippen LogP contribution in [0.25, 0.3) is 11.5 Å². The third-order valence-corrected chi connectivity index (χ3v) is 2.26. The Morgan fingerprint density at radius 1 is 1.53 bits per heavy atom. The Morgan fingerprint density at radius 2 is 2.35 bits per heavy atom. The maximum atomic E-state index is 10.9. The first-order valence-electron chi connectivity index (χ1n) is 4.95. The number of nitrogens with one attached hydrogen (secondary N) is 1. The number of aromatic nitrogens is 2. The first-order chi connectivity index (χ1) is 8.19. The highest BCUT2D eigenvalue weighted by molar-refractivity contribution is 6.16. The van der Waals surface area contributed by atoms with Gasteiger partial charge in [-0.2, -0.15) is 4.98 Å². The van der Waals surface area contributed by atoms with Crippen molar-refractivity contribution in [3.8, 4) is 11.5 Å². The Balaban J connectivity index is 2.29. The Morgan fingerprint density at radius 3 is 3.00 bits per heavy atom. The molecule has 0 unspecified atom stereocenters. The van der Waals surface area contributed by atoms with Crippen molar-refractivity contribution in [3.05, 3.63) is 30.1 Å². The molecule has 2 aromatic rings. The first-order valence-corrected chi connectivity index (χ1v) is 5.49. The van der Waals surface area contributed by atoms with Crippen molar-refractivity contribution in [2.75, 3.05) is 5.32 Å². The van der Waals surface area contributed by atoms with E-state index in [2.05, 4.69) is 15.5 Å². The molecule has 0 bridgehead atoms. The molecule has 0 saturated carbocycles. The number of halogens is 1. The predicted octanol–water partition coefficient (Wildman–Crippen LogP) is 2.43. The van der Waals surface area contributed by atoms with Crippen LogP contribution in [0.5, 0.6) is 0 Å². The molecule has 1 heterocycles. The Kier molecular flexibility index (Phi) is 3.39. The average Bonchev–Trinajstić information content (AvgIpc) is 2.77. The lowest BCUT2D eigenvalue weighted by atomic mass is 10.2. The number of anilines is 1. The van der Waals surface area contributed by atoms with Gasteiger partial charge in [0.1, 0.15) is 0 Å². The Labute approximate surface area is 103 Å². The van der Waals surface area contributed by atoms with E-state index in [-0.39, 0.29) is 11.8 Å². The van der Waals surface area contributed by atoms with Gasteiger partial charge in [0, 0.05) is 18.2 Å². The summed E-state index contributed by atoms with van der Waals surface area (Å²) in [6.07, 6.45) is 0. The van der Waals surface area contributed by atoms with Crippen molar-refractivity contribution in [3.63, 3.8) is 0 Å². The maximum absolute atomic E-state index is 10.9. The summed E-state index contributed by atoms with van der Waals surface area (Å²) in [6, 6.07) is 7.15. The molecule has 0 aliphatic heterocycles. The number of rotatable bonds is 3. The lowest BCUT2D eigenvalue weighted by Crippen LogP contribution is -2.05. The van der Waals surface area contributed by atoms with E-state index < -0.39 is 0 Å². The number of carbonyl (C=O) groups is 1. The van der Waals surface area contributed by atoms with E-state index in [9.17, 15) is 4.79 Å². The minimum atomic E-state index is -0.130. The molecule has 0 atom stereocenters. The van der Waals surface area contributed by atoms with Gasteiger partial charge in [-0.05, 0) is 18.2 Å². The second-order valence-corrected chi connectivity index (χ2v) is 3.68. The molecular weight excluding hydrogens is 242 g/mol. The van der Waals surface area contributed by atoms with Gasteiger partial charge in [0.25, 0.3) is 5.89 Å². The first kappa shape index (κ1) is 11.6. The van der Waals surface area contributed by atoms with E-state index >= 15 is 0 Å². The molecule has 88 valence electrons. The normalized spacial score (nSPS) is 10.2. The zero-order chi connectivity index (χ0) is 12.3. The summed E-state index contributed by atoms with van der Waals surface area (Å²) in [4.78, 5) is 15.0. The average molecular weight is 252 g/mol. The summed E-state index contributed by atoms with van der Waals surface area (Å²) in [5, 5.41) is 6.38. The highest BCUT2D eigenvalue weighted by Crippen LogP contribution is 2.21. The maximum Gasteiger partial charge on any atom is 0.258 e. The largest absolute Gasteiger partial charge is 0.334 e. The van der Waals surface area contributed by atoms with E-state index in [1.54, 1.807) is 18.2 Å². The van der Waals surface area contributed by atoms with Crippen LogP contribution in [-0.2, 0) is 10.7 Å². The molecule has 1 aromatic carbocycles. The minimum absolute atomic E-state index is 0.130. The van der Waals surface area contributed by atoms with Crippen LogP contribution in [-0.4, -0.2) is 16.0 Å².